The van der Waals surface area contributed by atoms with E-state index in [4.69, 9.17) is 0 Å². The van der Waals surface area contributed by atoms with Gasteiger partial charge in [0.25, 0.3) is 11.8 Å². The molecule has 0 unspecified atom stereocenters. The number of fused-ring (bicyclic) bond motifs is 2. The van der Waals surface area contributed by atoms with Crippen LogP contribution in [0.15, 0.2) is 66.7 Å². The average molecular weight is 451 g/mol. The highest BCUT2D eigenvalue weighted by Crippen LogP contribution is 2.54. The lowest BCUT2D eigenvalue weighted by atomic mass is 10.0. The quantitative estimate of drug-likeness (QED) is 0.572. The minimum Gasteiger partial charge on any atom is -0.311 e. The van der Waals surface area contributed by atoms with Gasteiger partial charge in [-0.05, 0) is 42.8 Å². The van der Waals surface area contributed by atoms with E-state index in [1.54, 1.807) is 21.9 Å². The van der Waals surface area contributed by atoms with Gasteiger partial charge in [-0.25, -0.2) is 8.78 Å². The van der Waals surface area contributed by atoms with Gasteiger partial charge < -0.3 is 9.80 Å². The van der Waals surface area contributed by atoms with E-state index >= 15 is 0 Å². The predicted molar refractivity (Wildman–Crippen MR) is 120 cm³/mol. The second-order valence-corrected chi connectivity index (χ2v) is 9.26. The van der Waals surface area contributed by atoms with Crippen LogP contribution >= 0.6 is 11.8 Å². The highest BCUT2D eigenvalue weighted by molar-refractivity contribution is 8.01. The van der Waals surface area contributed by atoms with E-state index < -0.39 is 16.5 Å². The molecule has 0 aliphatic carbocycles. The van der Waals surface area contributed by atoms with E-state index in [0.29, 0.717) is 29.1 Å². The molecule has 7 heteroatoms. The molecule has 1 spiro atoms. The maximum absolute atomic E-state index is 13.9. The minimum absolute atomic E-state index is 0.0852. The van der Waals surface area contributed by atoms with Crippen molar-refractivity contribution in [3.63, 3.8) is 0 Å². The number of amides is 2. The molecule has 1 fully saturated rings. The summed E-state index contributed by atoms with van der Waals surface area (Å²) < 4.78 is 27.2. The molecule has 5 rings (SSSR count). The van der Waals surface area contributed by atoms with E-state index in [9.17, 15) is 18.4 Å². The van der Waals surface area contributed by atoms with Crippen molar-refractivity contribution in [2.45, 2.75) is 18.3 Å². The van der Waals surface area contributed by atoms with Crippen LogP contribution in [0.2, 0.25) is 0 Å². The third-order valence-corrected chi connectivity index (χ3v) is 7.39. The van der Waals surface area contributed by atoms with Gasteiger partial charge in [-0.15, -0.1) is 11.8 Å². The topological polar surface area (TPSA) is 40.6 Å². The van der Waals surface area contributed by atoms with E-state index in [0.717, 1.165) is 23.3 Å². The second-order valence-electron chi connectivity index (χ2n) is 7.97. The lowest BCUT2D eigenvalue weighted by Gasteiger charge is -2.33. The third-order valence-electron chi connectivity index (χ3n) is 5.97. The van der Waals surface area contributed by atoms with Crippen LogP contribution < -0.4 is 4.90 Å². The number of anilines is 1. The molecule has 32 heavy (non-hydrogen) atoms. The Labute approximate surface area is 188 Å². The monoisotopic (exact) mass is 450 g/mol. The maximum atomic E-state index is 13.9. The fourth-order valence-electron chi connectivity index (χ4n) is 4.40. The normalized spacial score (nSPS) is 19.7. The van der Waals surface area contributed by atoms with Crippen LogP contribution in [0.3, 0.4) is 0 Å². The third kappa shape index (κ3) is 3.11. The summed E-state index contributed by atoms with van der Waals surface area (Å²) in [6.45, 7) is 2.48. The van der Waals surface area contributed by atoms with Gasteiger partial charge in [-0.2, -0.15) is 0 Å². The van der Waals surface area contributed by atoms with E-state index in [1.807, 2.05) is 43.3 Å². The summed E-state index contributed by atoms with van der Waals surface area (Å²) in [5, 5.41) is 0. The number of hydrogen-bond acceptors (Lipinski definition) is 3. The van der Waals surface area contributed by atoms with E-state index in [2.05, 4.69) is 0 Å². The number of hydrogen-bond donors (Lipinski definition) is 0. The summed E-state index contributed by atoms with van der Waals surface area (Å²) in [4.78, 5) is 29.4. The van der Waals surface area contributed by atoms with Crippen molar-refractivity contribution in [3.05, 3.63) is 101 Å². The molecule has 162 valence electrons. The molecule has 4 nitrogen and oxygen atoms in total. The summed E-state index contributed by atoms with van der Waals surface area (Å²) in [6.07, 6.45) is 0. The predicted octanol–water partition coefficient (Wildman–Crippen LogP) is 4.86. The number of aryl methyl sites for hydroxylation is 1. The Morgan fingerprint density at radius 2 is 1.78 bits per heavy atom. The number of thioether (sulfide) groups is 1. The smallest absolute Gasteiger partial charge is 0.268 e. The van der Waals surface area contributed by atoms with E-state index in [1.165, 1.54) is 17.8 Å². The summed E-state index contributed by atoms with van der Waals surface area (Å²) >= 11 is 1.44. The van der Waals surface area contributed by atoms with Crippen molar-refractivity contribution in [3.8, 4) is 0 Å². The maximum Gasteiger partial charge on any atom is 0.268 e. The van der Waals surface area contributed by atoms with Gasteiger partial charge in [0.2, 0.25) is 0 Å². The first kappa shape index (κ1) is 20.7. The number of rotatable bonds is 3. The molecule has 2 amide bonds. The van der Waals surface area contributed by atoms with Crippen molar-refractivity contribution < 1.29 is 18.4 Å². The molecule has 0 bridgehead atoms. The molecule has 3 aromatic rings. The first-order valence-electron chi connectivity index (χ1n) is 10.3. The molecule has 1 saturated heterocycles. The zero-order valence-corrected chi connectivity index (χ0v) is 18.2. The number of nitrogens with zero attached hydrogens (tertiary/aromatic N) is 2. The van der Waals surface area contributed by atoms with Crippen molar-refractivity contribution in [2.24, 2.45) is 0 Å². The Kier molecular flexibility index (Phi) is 5.01. The Morgan fingerprint density at radius 1 is 1.03 bits per heavy atom. The molecular formula is C25H20F2N2O2S. The van der Waals surface area contributed by atoms with Crippen molar-refractivity contribution in [1.82, 2.24) is 4.90 Å². The Balaban J connectivity index is 1.56. The summed E-state index contributed by atoms with van der Waals surface area (Å²) in [6, 6.07) is 18.3. The SMILES string of the molecule is Cc1ccc(C(=O)N2CCS[C@@]23C(=O)N(Cc2ccc(F)c(F)c2)c2ccccc23)cc1. The molecule has 0 saturated carbocycles. The molecule has 0 radical (unpaired) electrons. The Bertz CT molecular complexity index is 1230. The van der Waals surface area contributed by atoms with Gasteiger partial charge in [0, 0.05) is 23.4 Å². The summed E-state index contributed by atoms with van der Waals surface area (Å²) in [5.41, 5.74) is 3.48. The van der Waals surface area contributed by atoms with Crippen molar-refractivity contribution in [2.75, 3.05) is 17.2 Å². The van der Waals surface area contributed by atoms with Gasteiger partial charge in [0.05, 0.1) is 12.2 Å². The highest BCUT2D eigenvalue weighted by atomic mass is 32.2. The Hall–Kier alpha value is -3.19. The number of carbonyl (C=O) groups excluding carboxylic acids is 2. The zero-order chi connectivity index (χ0) is 22.5. The van der Waals surface area contributed by atoms with Crippen LogP contribution in [0, 0.1) is 18.6 Å². The molecule has 0 aromatic heterocycles. The van der Waals surface area contributed by atoms with Crippen molar-refractivity contribution >= 4 is 29.3 Å². The summed E-state index contributed by atoms with van der Waals surface area (Å²) in [7, 11) is 0. The highest BCUT2D eigenvalue weighted by Gasteiger charge is 2.59. The molecular weight excluding hydrogens is 430 g/mol. The van der Waals surface area contributed by atoms with Gasteiger partial charge in [0.1, 0.15) is 0 Å². The largest absolute Gasteiger partial charge is 0.311 e. The molecule has 2 heterocycles. The van der Waals surface area contributed by atoms with Crippen LogP contribution in [0.1, 0.15) is 27.0 Å². The zero-order valence-electron chi connectivity index (χ0n) is 17.3. The molecule has 2 aliphatic heterocycles. The van der Waals surface area contributed by atoms with Crippen LogP contribution in [0.4, 0.5) is 14.5 Å². The standard InChI is InChI=1S/C25H20F2N2O2S/c1-16-6-9-18(10-7-16)23(30)29-12-13-32-25(29)19-4-2-3-5-22(19)28(24(25)31)15-17-8-11-20(26)21(27)14-17/h2-11,14H,12-13,15H2,1H3/t25-/m0/s1. The lowest BCUT2D eigenvalue weighted by Crippen LogP contribution is -2.50. The number of carbonyl (C=O) groups is 2. The first-order valence-corrected chi connectivity index (χ1v) is 11.3. The van der Waals surface area contributed by atoms with Crippen LogP contribution in [0.5, 0.6) is 0 Å². The first-order chi connectivity index (χ1) is 15.4. The molecule has 1 atom stereocenters. The summed E-state index contributed by atoms with van der Waals surface area (Å²) in [5.74, 6) is -1.71. The van der Waals surface area contributed by atoms with Crippen LogP contribution in [0.25, 0.3) is 0 Å². The fourth-order valence-corrected chi connectivity index (χ4v) is 5.86. The molecule has 0 N–H and O–H groups in total. The van der Waals surface area contributed by atoms with Gasteiger partial charge >= 0.3 is 0 Å². The van der Waals surface area contributed by atoms with Crippen LogP contribution in [-0.4, -0.2) is 29.0 Å². The van der Waals surface area contributed by atoms with Gasteiger partial charge in [-0.1, -0.05) is 42.0 Å². The molecule has 2 aliphatic rings. The minimum atomic E-state index is -1.17. The van der Waals surface area contributed by atoms with Gasteiger partial charge in [0.15, 0.2) is 16.5 Å². The molecule has 3 aromatic carbocycles. The number of para-hydroxylation sites is 1. The Morgan fingerprint density at radius 3 is 2.53 bits per heavy atom. The van der Waals surface area contributed by atoms with E-state index in [-0.39, 0.29) is 18.4 Å². The lowest BCUT2D eigenvalue weighted by molar-refractivity contribution is -0.123. The van der Waals surface area contributed by atoms with Crippen LogP contribution in [-0.2, 0) is 16.2 Å². The fraction of sp³-hybridized carbons (Fsp3) is 0.200. The van der Waals surface area contributed by atoms with Gasteiger partial charge in [-0.3, -0.25) is 9.59 Å². The average Bonchev–Trinajstić information content (AvgIpc) is 3.34. The number of halogens is 2. The number of benzene rings is 3. The van der Waals surface area contributed by atoms with Crippen molar-refractivity contribution in [1.29, 1.82) is 0 Å². The second kappa shape index (κ2) is 7.74.